The van der Waals surface area contributed by atoms with Crippen molar-refractivity contribution in [1.82, 2.24) is 14.5 Å². The Morgan fingerprint density at radius 3 is 2.67 bits per heavy atom. The molecule has 0 unspecified atom stereocenters. The zero-order chi connectivity index (χ0) is 18.8. The number of hydrogen-bond acceptors (Lipinski definition) is 3. The van der Waals surface area contributed by atoms with Gasteiger partial charge in [-0.05, 0) is 30.5 Å². The number of piperidine rings is 1. The van der Waals surface area contributed by atoms with Crippen molar-refractivity contribution in [2.24, 2.45) is 7.05 Å². The highest BCUT2D eigenvalue weighted by molar-refractivity contribution is 5.76. The van der Waals surface area contributed by atoms with E-state index < -0.39 is 0 Å². The van der Waals surface area contributed by atoms with Gasteiger partial charge in [-0.1, -0.05) is 30.3 Å². The van der Waals surface area contributed by atoms with E-state index in [4.69, 9.17) is 4.74 Å². The van der Waals surface area contributed by atoms with Crippen molar-refractivity contribution in [3.63, 3.8) is 0 Å². The van der Waals surface area contributed by atoms with Gasteiger partial charge in [0.1, 0.15) is 18.2 Å². The molecule has 0 spiro atoms. The number of carbonyl (C=O) groups is 1. The molecule has 0 atom stereocenters. The minimum Gasteiger partial charge on any atom is -0.445 e. The summed E-state index contributed by atoms with van der Waals surface area (Å²) in [7, 11) is 1.96. The quantitative estimate of drug-likeness (QED) is 0.696. The van der Waals surface area contributed by atoms with Gasteiger partial charge in [0.15, 0.2) is 0 Å². The largest absolute Gasteiger partial charge is 0.445 e. The molecule has 6 heteroatoms. The Morgan fingerprint density at radius 1 is 1.19 bits per heavy atom. The van der Waals surface area contributed by atoms with Gasteiger partial charge in [-0.15, -0.1) is 0 Å². The number of aromatic nitrogens is 2. The maximum absolute atomic E-state index is 13.4. The Hall–Kier alpha value is -2.89. The Kier molecular flexibility index (Phi) is 4.79. The van der Waals surface area contributed by atoms with Crippen LogP contribution >= 0.6 is 0 Å². The van der Waals surface area contributed by atoms with Crippen LogP contribution < -0.4 is 0 Å². The molecule has 2 heterocycles. The van der Waals surface area contributed by atoms with Crippen molar-refractivity contribution in [2.45, 2.75) is 25.4 Å². The third-order valence-electron chi connectivity index (χ3n) is 5.20. The van der Waals surface area contributed by atoms with Crippen LogP contribution in [0.1, 0.15) is 30.1 Å². The highest BCUT2D eigenvalue weighted by Crippen LogP contribution is 2.30. The summed E-state index contributed by atoms with van der Waals surface area (Å²) in [5, 5.41) is 0. The minimum atomic E-state index is -0.275. The molecule has 1 aliphatic heterocycles. The molecule has 3 aromatic rings. The molecule has 5 nitrogen and oxygen atoms in total. The van der Waals surface area contributed by atoms with E-state index in [1.165, 1.54) is 12.1 Å². The van der Waals surface area contributed by atoms with Crippen LogP contribution in [0.15, 0.2) is 48.5 Å². The summed E-state index contributed by atoms with van der Waals surface area (Å²) >= 11 is 0. The first-order valence-electron chi connectivity index (χ1n) is 9.19. The number of likely N-dealkylation sites (tertiary alicyclic amines) is 1. The zero-order valence-electron chi connectivity index (χ0n) is 15.3. The van der Waals surface area contributed by atoms with E-state index in [0.717, 1.165) is 29.7 Å². The first-order chi connectivity index (χ1) is 13.1. The monoisotopic (exact) mass is 367 g/mol. The molecule has 140 valence electrons. The van der Waals surface area contributed by atoms with Crippen LogP contribution in [0.2, 0.25) is 0 Å². The summed E-state index contributed by atoms with van der Waals surface area (Å²) in [6.07, 6.45) is 1.37. The number of nitrogens with zero attached hydrogens (tertiary/aromatic N) is 3. The van der Waals surface area contributed by atoms with E-state index in [2.05, 4.69) is 4.98 Å². The molecule has 0 N–H and O–H groups in total. The second-order valence-corrected chi connectivity index (χ2v) is 6.96. The highest BCUT2D eigenvalue weighted by Gasteiger charge is 2.27. The van der Waals surface area contributed by atoms with Gasteiger partial charge in [-0.2, -0.15) is 0 Å². The topological polar surface area (TPSA) is 47.4 Å². The predicted molar refractivity (Wildman–Crippen MR) is 101 cm³/mol. The van der Waals surface area contributed by atoms with Gasteiger partial charge in [-0.3, -0.25) is 0 Å². The minimum absolute atomic E-state index is 0.253. The molecule has 1 aromatic heterocycles. The Labute approximate surface area is 157 Å². The number of aryl methyl sites for hydroxylation is 1. The third kappa shape index (κ3) is 3.65. The molecule has 0 saturated carbocycles. The summed E-state index contributed by atoms with van der Waals surface area (Å²) in [6.45, 7) is 1.56. The van der Waals surface area contributed by atoms with Crippen molar-refractivity contribution in [3.8, 4) is 0 Å². The molecule has 0 bridgehead atoms. The van der Waals surface area contributed by atoms with E-state index in [-0.39, 0.29) is 24.4 Å². The predicted octanol–water partition coefficient (Wildman–Crippen LogP) is 4.23. The van der Waals surface area contributed by atoms with Crippen LogP contribution in [-0.4, -0.2) is 33.6 Å². The van der Waals surface area contributed by atoms with E-state index in [0.29, 0.717) is 18.6 Å². The number of carbonyl (C=O) groups excluding carboxylic acids is 1. The molecule has 0 radical (unpaired) electrons. The summed E-state index contributed by atoms with van der Waals surface area (Å²) < 4.78 is 20.9. The van der Waals surface area contributed by atoms with Gasteiger partial charge in [0.25, 0.3) is 0 Å². The Balaban J connectivity index is 1.37. The van der Waals surface area contributed by atoms with Gasteiger partial charge < -0.3 is 14.2 Å². The average molecular weight is 367 g/mol. The van der Waals surface area contributed by atoms with Crippen LogP contribution in [0, 0.1) is 5.82 Å². The van der Waals surface area contributed by atoms with Gasteiger partial charge in [-0.25, -0.2) is 14.2 Å². The van der Waals surface area contributed by atoms with Crippen LogP contribution in [0.3, 0.4) is 0 Å². The second kappa shape index (κ2) is 7.39. The molecule has 1 fully saturated rings. The molecule has 1 saturated heterocycles. The number of fused-ring (bicyclic) bond motifs is 1. The number of benzene rings is 2. The Bertz CT molecular complexity index is 947. The van der Waals surface area contributed by atoms with Gasteiger partial charge >= 0.3 is 6.09 Å². The fourth-order valence-electron chi connectivity index (χ4n) is 3.69. The van der Waals surface area contributed by atoms with Crippen molar-refractivity contribution in [1.29, 1.82) is 0 Å². The van der Waals surface area contributed by atoms with Gasteiger partial charge in [0.2, 0.25) is 0 Å². The van der Waals surface area contributed by atoms with Crippen LogP contribution in [0.5, 0.6) is 0 Å². The summed E-state index contributed by atoms with van der Waals surface area (Å²) in [5.74, 6) is 0.930. The lowest BCUT2D eigenvalue weighted by molar-refractivity contribution is 0.0865. The number of hydrogen-bond donors (Lipinski definition) is 0. The lowest BCUT2D eigenvalue weighted by atomic mass is 9.96. The molecular formula is C21H22FN3O2. The van der Waals surface area contributed by atoms with Crippen molar-refractivity contribution in [2.75, 3.05) is 13.1 Å². The number of halogens is 1. The summed E-state index contributed by atoms with van der Waals surface area (Å²) in [4.78, 5) is 18.7. The van der Waals surface area contributed by atoms with Crippen molar-refractivity contribution < 1.29 is 13.9 Å². The zero-order valence-corrected chi connectivity index (χ0v) is 15.3. The smallest absolute Gasteiger partial charge is 0.410 e. The molecule has 1 amide bonds. The number of ether oxygens (including phenoxy) is 1. The number of amides is 1. The normalized spacial score (nSPS) is 15.3. The van der Waals surface area contributed by atoms with E-state index in [1.54, 1.807) is 11.0 Å². The molecular weight excluding hydrogens is 345 g/mol. The number of rotatable bonds is 3. The molecule has 0 aliphatic carbocycles. The third-order valence-corrected chi connectivity index (χ3v) is 5.20. The summed E-state index contributed by atoms with van der Waals surface area (Å²) in [5.41, 5.74) is 2.58. The standard InChI is InChI=1S/C21H22FN3O2/c1-24-19-8-7-17(22)13-18(19)23-20(24)16-9-11-25(12-10-16)21(26)27-14-15-5-3-2-4-6-15/h2-8,13,16H,9-12,14H2,1H3. The maximum atomic E-state index is 13.4. The Morgan fingerprint density at radius 2 is 1.93 bits per heavy atom. The second-order valence-electron chi connectivity index (χ2n) is 6.96. The van der Waals surface area contributed by atoms with E-state index in [1.807, 2.05) is 41.9 Å². The molecule has 4 rings (SSSR count). The van der Waals surface area contributed by atoms with Crippen LogP contribution in [-0.2, 0) is 18.4 Å². The first kappa shape index (κ1) is 17.5. The molecule has 1 aliphatic rings. The van der Waals surface area contributed by atoms with Crippen molar-refractivity contribution in [3.05, 3.63) is 65.7 Å². The van der Waals surface area contributed by atoms with Crippen molar-refractivity contribution >= 4 is 17.1 Å². The fourth-order valence-corrected chi connectivity index (χ4v) is 3.69. The van der Waals surface area contributed by atoms with Crippen LogP contribution in [0.25, 0.3) is 11.0 Å². The lowest BCUT2D eigenvalue weighted by Gasteiger charge is -2.31. The highest BCUT2D eigenvalue weighted by atomic mass is 19.1. The summed E-state index contributed by atoms with van der Waals surface area (Å²) in [6, 6.07) is 14.4. The van der Waals surface area contributed by atoms with Gasteiger partial charge in [0.05, 0.1) is 11.0 Å². The molecule has 27 heavy (non-hydrogen) atoms. The first-order valence-corrected chi connectivity index (χ1v) is 9.19. The van der Waals surface area contributed by atoms with Gasteiger partial charge in [0, 0.05) is 32.1 Å². The molecule has 2 aromatic carbocycles. The number of imidazole rings is 1. The fraction of sp³-hybridized carbons (Fsp3) is 0.333. The van der Waals surface area contributed by atoms with E-state index >= 15 is 0 Å². The maximum Gasteiger partial charge on any atom is 0.410 e. The lowest BCUT2D eigenvalue weighted by Crippen LogP contribution is -2.38. The van der Waals surface area contributed by atoms with E-state index in [9.17, 15) is 9.18 Å². The average Bonchev–Trinajstić information content (AvgIpc) is 3.02. The van der Waals surface area contributed by atoms with Crippen LogP contribution in [0.4, 0.5) is 9.18 Å². The SMILES string of the molecule is Cn1c(C2CCN(C(=O)OCc3ccccc3)CC2)nc2cc(F)ccc21.